The molecule has 0 fully saturated rings. The molecular formula is C11H10BrN3O. The summed E-state index contributed by atoms with van der Waals surface area (Å²) in [6.45, 7) is 0. The first-order chi connectivity index (χ1) is 7.81. The van der Waals surface area contributed by atoms with Gasteiger partial charge in [0.2, 0.25) is 0 Å². The van der Waals surface area contributed by atoms with E-state index in [-0.39, 0.29) is 5.91 Å². The van der Waals surface area contributed by atoms with Gasteiger partial charge < -0.3 is 5.32 Å². The number of aromatic nitrogens is 2. The summed E-state index contributed by atoms with van der Waals surface area (Å²) in [7, 11) is 0. The van der Waals surface area contributed by atoms with E-state index in [9.17, 15) is 4.79 Å². The fraction of sp³-hybridized carbons (Fsp3) is 0.0909. The molecule has 2 N–H and O–H groups in total. The average molecular weight is 280 g/mol. The van der Waals surface area contributed by atoms with Gasteiger partial charge in [0.15, 0.2) is 0 Å². The number of benzene rings is 1. The van der Waals surface area contributed by atoms with Crippen molar-refractivity contribution in [1.82, 2.24) is 10.2 Å². The zero-order valence-electron chi connectivity index (χ0n) is 8.40. The highest BCUT2D eigenvalue weighted by Crippen LogP contribution is 2.18. The van der Waals surface area contributed by atoms with E-state index in [1.54, 1.807) is 12.3 Å². The summed E-state index contributed by atoms with van der Waals surface area (Å²) in [4.78, 5) is 11.7. The van der Waals surface area contributed by atoms with Gasteiger partial charge in [-0.1, -0.05) is 34.1 Å². The van der Waals surface area contributed by atoms with Crippen LogP contribution in [0, 0.1) is 0 Å². The van der Waals surface area contributed by atoms with Crippen molar-refractivity contribution in [3.63, 3.8) is 0 Å². The average Bonchev–Trinajstić information content (AvgIpc) is 2.83. The van der Waals surface area contributed by atoms with Crippen molar-refractivity contribution >= 4 is 27.5 Å². The molecule has 2 aromatic rings. The standard InChI is InChI=1S/C11H10BrN3O/c12-7-8-3-1-2-4-9(8)14-11(16)10-5-6-13-15-10/h1-6H,7H2,(H,13,15)(H,14,16). The molecule has 5 heteroatoms. The molecular weight excluding hydrogens is 270 g/mol. The number of carbonyl (C=O) groups is 1. The summed E-state index contributed by atoms with van der Waals surface area (Å²) < 4.78 is 0. The number of aromatic amines is 1. The van der Waals surface area contributed by atoms with E-state index < -0.39 is 0 Å². The lowest BCUT2D eigenvalue weighted by Crippen LogP contribution is -2.13. The third-order valence-electron chi connectivity index (χ3n) is 2.15. The Hall–Kier alpha value is -1.62. The zero-order valence-corrected chi connectivity index (χ0v) is 9.99. The molecule has 0 unspecified atom stereocenters. The van der Waals surface area contributed by atoms with Crippen LogP contribution in [0.3, 0.4) is 0 Å². The van der Waals surface area contributed by atoms with E-state index in [1.807, 2.05) is 24.3 Å². The SMILES string of the molecule is O=C(Nc1ccccc1CBr)c1ccn[nH]1. The number of hydrogen-bond donors (Lipinski definition) is 2. The molecule has 0 saturated carbocycles. The molecule has 0 bridgehead atoms. The number of carbonyl (C=O) groups excluding carboxylic acids is 1. The van der Waals surface area contributed by atoms with Crippen molar-refractivity contribution in [3.05, 3.63) is 47.8 Å². The number of nitrogens with zero attached hydrogens (tertiary/aromatic N) is 1. The molecule has 1 amide bonds. The second-order valence-electron chi connectivity index (χ2n) is 3.22. The molecule has 82 valence electrons. The number of anilines is 1. The van der Waals surface area contributed by atoms with E-state index in [2.05, 4.69) is 31.4 Å². The third kappa shape index (κ3) is 2.30. The quantitative estimate of drug-likeness (QED) is 0.849. The highest BCUT2D eigenvalue weighted by molar-refractivity contribution is 9.08. The summed E-state index contributed by atoms with van der Waals surface area (Å²) in [6, 6.07) is 9.27. The van der Waals surface area contributed by atoms with E-state index >= 15 is 0 Å². The van der Waals surface area contributed by atoms with Gasteiger partial charge in [-0.2, -0.15) is 5.10 Å². The van der Waals surface area contributed by atoms with Crippen LogP contribution in [0.4, 0.5) is 5.69 Å². The lowest BCUT2D eigenvalue weighted by molar-refractivity contribution is 0.102. The van der Waals surface area contributed by atoms with Crippen molar-refractivity contribution in [2.45, 2.75) is 5.33 Å². The van der Waals surface area contributed by atoms with Gasteiger partial charge in [-0.05, 0) is 17.7 Å². The first-order valence-electron chi connectivity index (χ1n) is 4.76. The van der Waals surface area contributed by atoms with Crippen molar-refractivity contribution in [2.24, 2.45) is 0 Å². The molecule has 1 aromatic carbocycles. The fourth-order valence-corrected chi connectivity index (χ4v) is 1.82. The minimum atomic E-state index is -0.189. The van der Waals surface area contributed by atoms with Crippen LogP contribution in [-0.2, 0) is 5.33 Å². The van der Waals surface area contributed by atoms with Gasteiger partial charge in [-0.15, -0.1) is 0 Å². The normalized spacial score (nSPS) is 10.1. The first kappa shape index (κ1) is 10.9. The Morgan fingerprint density at radius 1 is 1.38 bits per heavy atom. The molecule has 4 nitrogen and oxygen atoms in total. The predicted molar refractivity (Wildman–Crippen MR) is 65.6 cm³/mol. The zero-order chi connectivity index (χ0) is 11.4. The number of rotatable bonds is 3. The Balaban J connectivity index is 2.18. The lowest BCUT2D eigenvalue weighted by atomic mass is 10.2. The minimum Gasteiger partial charge on any atom is -0.320 e. The van der Waals surface area contributed by atoms with Crippen molar-refractivity contribution in [3.8, 4) is 0 Å². The van der Waals surface area contributed by atoms with Gasteiger partial charge in [-0.25, -0.2) is 0 Å². The molecule has 0 atom stereocenters. The van der Waals surface area contributed by atoms with Gasteiger partial charge in [0.1, 0.15) is 5.69 Å². The van der Waals surface area contributed by atoms with E-state index in [1.165, 1.54) is 0 Å². The van der Waals surface area contributed by atoms with Crippen molar-refractivity contribution in [2.75, 3.05) is 5.32 Å². The van der Waals surface area contributed by atoms with Gasteiger partial charge in [-0.3, -0.25) is 9.89 Å². The molecule has 0 spiro atoms. The van der Waals surface area contributed by atoms with Crippen LogP contribution in [0.15, 0.2) is 36.5 Å². The lowest BCUT2D eigenvalue weighted by Gasteiger charge is -2.07. The van der Waals surface area contributed by atoms with Crippen LogP contribution < -0.4 is 5.32 Å². The van der Waals surface area contributed by atoms with Crippen LogP contribution in [0.1, 0.15) is 16.1 Å². The summed E-state index contributed by atoms with van der Waals surface area (Å²) in [5.41, 5.74) is 2.29. The first-order valence-corrected chi connectivity index (χ1v) is 5.88. The van der Waals surface area contributed by atoms with Crippen LogP contribution in [-0.4, -0.2) is 16.1 Å². The molecule has 16 heavy (non-hydrogen) atoms. The van der Waals surface area contributed by atoms with Gasteiger partial charge >= 0.3 is 0 Å². The molecule has 0 aliphatic heterocycles. The van der Waals surface area contributed by atoms with E-state index in [0.29, 0.717) is 11.0 Å². The Morgan fingerprint density at radius 3 is 2.88 bits per heavy atom. The summed E-state index contributed by atoms with van der Waals surface area (Å²) in [6.07, 6.45) is 1.55. The Morgan fingerprint density at radius 2 is 2.19 bits per heavy atom. The van der Waals surface area contributed by atoms with Crippen LogP contribution in [0.2, 0.25) is 0 Å². The minimum absolute atomic E-state index is 0.189. The second kappa shape index (κ2) is 4.94. The molecule has 0 aliphatic rings. The van der Waals surface area contributed by atoms with Crippen molar-refractivity contribution in [1.29, 1.82) is 0 Å². The third-order valence-corrected chi connectivity index (χ3v) is 2.76. The maximum Gasteiger partial charge on any atom is 0.273 e. The van der Waals surface area contributed by atoms with Crippen LogP contribution in [0.5, 0.6) is 0 Å². The molecule has 0 radical (unpaired) electrons. The topological polar surface area (TPSA) is 57.8 Å². The summed E-state index contributed by atoms with van der Waals surface area (Å²) in [5, 5.41) is 9.88. The Labute approximate surface area is 101 Å². The largest absolute Gasteiger partial charge is 0.320 e. The van der Waals surface area contributed by atoms with Crippen molar-refractivity contribution < 1.29 is 4.79 Å². The number of nitrogens with one attached hydrogen (secondary N) is 2. The summed E-state index contributed by atoms with van der Waals surface area (Å²) in [5.74, 6) is -0.189. The summed E-state index contributed by atoms with van der Waals surface area (Å²) >= 11 is 3.38. The highest BCUT2D eigenvalue weighted by Gasteiger charge is 2.08. The molecule has 0 aliphatic carbocycles. The Kier molecular flexibility index (Phi) is 3.36. The predicted octanol–water partition coefficient (Wildman–Crippen LogP) is 2.56. The maximum absolute atomic E-state index is 11.7. The monoisotopic (exact) mass is 279 g/mol. The molecule has 2 rings (SSSR count). The number of H-pyrrole nitrogens is 1. The van der Waals surface area contributed by atoms with Gasteiger partial charge in [0.25, 0.3) is 5.91 Å². The molecule has 0 saturated heterocycles. The number of alkyl halides is 1. The fourth-order valence-electron chi connectivity index (χ4n) is 1.33. The van der Waals surface area contributed by atoms with Gasteiger partial charge in [0.05, 0.1) is 0 Å². The highest BCUT2D eigenvalue weighted by atomic mass is 79.9. The molecule has 1 heterocycles. The van der Waals surface area contributed by atoms with Crippen LogP contribution >= 0.6 is 15.9 Å². The maximum atomic E-state index is 11.7. The number of halogens is 1. The Bertz CT molecular complexity index is 482. The van der Waals surface area contributed by atoms with E-state index in [0.717, 1.165) is 11.3 Å². The molecule has 1 aromatic heterocycles. The van der Waals surface area contributed by atoms with E-state index in [4.69, 9.17) is 0 Å². The number of para-hydroxylation sites is 1. The number of amides is 1. The smallest absolute Gasteiger partial charge is 0.273 e. The number of hydrogen-bond acceptors (Lipinski definition) is 2. The van der Waals surface area contributed by atoms with Gasteiger partial charge in [0, 0.05) is 17.2 Å². The van der Waals surface area contributed by atoms with Crippen LogP contribution in [0.25, 0.3) is 0 Å². The second-order valence-corrected chi connectivity index (χ2v) is 3.78.